The molecule has 0 radical (unpaired) electrons. The van der Waals surface area contributed by atoms with Crippen LogP contribution in [-0.4, -0.2) is 26.4 Å². The van der Waals surface area contributed by atoms with Crippen molar-refractivity contribution in [3.63, 3.8) is 0 Å². The van der Waals surface area contributed by atoms with Gasteiger partial charge in [0.25, 0.3) is 0 Å². The van der Waals surface area contributed by atoms with Gasteiger partial charge < -0.3 is 9.47 Å². The van der Waals surface area contributed by atoms with E-state index in [1.807, 2.05) is 0 Å². The second-order valence-corrected chi connectivity index (χ2v) is 9.30. The standard InChI is InChI=1S/C24H50O2/c1-8-10-17-25-19-24(22(5)6,20-26-18-11-9-2)16-15-23(7)14-12-13-21(3)4/h21-23H,8-20H2,1-7H3. The Morgan fingerprint density at radius 3 is 1.65 bits per heavy atom. The fraction of sp³-hybridized carbons (Fsp3) is 1.00. The van der Waals surface area contributed by atoms with Crippen molar-refractivity contribution in [2.75, 3.05) is 26.4 Å². The first-order chi connectivity index (χ1) is 12.4. The minimum atomic E-state index is 0.174. The molecule has 0 heterocycles. The molecule has 0 fully saturated rings. The molecule has 26 heavy (non-hydrogen) atoms. The molecule has 0 aliphatic heterocycles. The fourth-order valence-electron chi connectivity index (χ4n) is 3.40. The van der Waals surface area contributed by atoms with Crippen LogP contribution in [0.3, 0.4) is 0 Å². The summed E-state index contributed by atoms with van der Waals surface area (Å²) < 4.78 is 12.2. The van der Waals surface area contributed by atoms with Crippen LogP contribution in [0, 0.1) is 23.2 Å². The number of hydrogen-bond acceptors (Lipinski definition) is 2. The van der Waals surface area contributed by atoms with Gasteiger partial charge in [-0.2, -0.15) is 0 Å². The van der Waals surface area contributed by atoms with Crippen LogP contribution in [0.15, 0.2) is 0 Å². The van der Waals surface area contributed by atoms with Gasteiger partial charge in [-0.3, -0.25) is 0 Å². The monoisotopic (exact) mass is 370 g/mol. The molecule has 1 atom stereocenters. The van der Waals surface area contributed by atoms with E-state index < -0.39 is 0 Å². The molecule has 0 aliphatic rings. The van der Waals surface area contributed by atoms with Crippen LogP contribution in [0.1, 0.15) is 106 Å². The third-order valence-electron chi connectivity index (χ3n) is 5.90. The third-order valence-corrected chi connectivity index (χ3v) is 5.90. The Morgan fingerprint density at radius 1 is 0.692 bits per heavy atom. The van der Waals surface area contributed by atoms with E-state index in [2.05, 4.69) is 48.5 Å². The SMILES string of the molecule is CCCCOCC(CCC(C)CCCC(C)C)(COCCCC)C(C)C. The lowest BCUT2D eigenvalue weighted by molar-refractivity contribution is -0.0567. The van der Waals surface area contributed by atoms with Crippen LogP contribution >= 0.6 is 0 Å². The van der Waals surface area contributed by atoms with Crippen LogP contribution in [0.25, 0.3) is 0 Å². The first-order valence-electron chi connectivity index (χ1n) is 11.5. The molecule has 158 valence electrons. The Morgan fingerprint density at radius 2 is 1.23 bits per heavy atom. The van der Waals surface area contributed by atoms with Crippen molar-refractivity contribution in [2.24, 2.45) is 23.2 Å². The summed E-state index contributed by atoms with van der Waals surface area (Å²) in [7, 11) is 0. The van der Waals surface area contributed by atoms with Gasteiger partial charge in [0.05, 0.1) is 13.2 Å². The highest BCUT2D eigenvalue weighted by Crippen LogP contribution is 2.36. The van der Waals surface area contributed by atoms with Crippen molar-refractivity contribution in [2.45, 2.75) is 106 Å². The lowest BCUT2D eigenvalue weighted by Gasteiger charge is -2.38. The highest BCUT2D eigenvalue weighted by atomic mass is 16.5. The summed E-state index contributed by atoms with van der Waals surface area (Å²) in [5.74, 6) is 2.22. The average Bonchev–Trinajstić information content (AvgIpc) is 2.59. The zero-order valence-corrected chi connectivity index (χ0v) is 19.2. The van der Waals surface area contributed by atoms with Crippen LogP contribution < -0.4 is 0 Å². The maximum absolute atomic E-state index is 6.12. The van der Waals surface area contributed by atoms with E-state index in [0.29, 0.717) is 5.92 Å². The maximum Gasteiger partial charge on any atom is 0.0546 e. The van der Waals surface area contributed by atoms with Gasteiger partial charge in [0.1, 0.15) is 0 Å². The van der Waals surface area contributed by atoms with Crippen molar-refractivity contribution >= 4 is 0 Å². The van der Waals surface area contributed by atoms with Gasteiger partial charge in [-0.15, -0.1) is 0 Å². The van der Waals surface area contributed by atoms with Crippen molar-refractivity contribution in [3.05, 3.63) is 0 Å². The van der Waals surface area contributed by atoms with Crippen LogP contribution in [0.2, 0.25) is 0 Å². The minimum Gasteiger partial charge on any atom is -0.381 e. The minimum absolute atomic E-state index is 0.174. The van der Waals surface area contributed by atoms with Crippen molar-refractivity contribution < 1.29 is 9.47 Å². The van der Waals surface area contributed by atoms with Crippen molar-refractivity contribution in [3.8, 4) is 0 Å². The van der Waals surface area contributed by atoms with E-state index in [9.17, 15) is 0 Å². The molecule has 0 amide bonds. The molecule has 0 spiro atoms. The van der Waals surface area contributed by atoms with Gasteiger partial charge >= 0.3 is 0 Å². The summed E-state index contributed by atoms with van der Waals surface area (Å²) in [6.45, 7) is 19.8. The highest BCUT2D eigenvalue weighted by Gasteiger charge is 2.34. The fourth-order valence-corrected chi connectivity index (χ4v) is 3.40. The van der Waals surface area contributed by atoms with Gasteiger partial charge in [0.2, 0.25) is 0 Å². The van der Waals surface area contributed by atoms with E-state index >= 15 is 0 Å². The van der Waals surface area contributed by atoms with Gasteiger partial charge in [-0.25, -0.2) is 0 Å². The number of rotatable bonds is 18. The van der Waals surface area contributed by atoms with E-state index in [0.717, 1.165) is 51.1 Å². The zero-order chi connectivity index (χ0) is 19.8. The Kier molecular flexibility index (Phi) is 15.9. The second-order valence-electron chi connectivity index (χ2n) is 9.30. The molecule has 0 saturated carbocycles. The Balaban J connectivity index is 4.63. The van der Waals surface area contributed by atoms with E-state index in [1.54, 1.807) is 0 Å². The van der Waals surface area contributed by atoms with Crippen molar-refractivity contribution in [1.29, 1.82) is 0 Å². The summed E-state index contributed by atoms with van der Waals surface area (Å²) in [6.07, 6.45) is 11.3. The van der Waals surface area contributed by atoms with Gasteiger partial charge in [-0.1, -0.05) is 87.0 Å². The van der Waals surface area contributed by atoms with Crippen LogP contribution in [0.4, 0.5) is 0 Å². The molecule has 0 aromatic rings. The number of hydrogen-bond donors (Lipinski definition) is 0. The van der Waals surface area contributed by atoms with E-state index in [4.69, 9.17) is 9.47 Å². The molecule has 0 aromatic heterocycles. The molecule has 0 N–H and O–H groups in total. The molecule has 0 aliphatic carbocycles. The van der Waals surface area contributed by atoms with Gasteiger partial charge in [-0.05, 0) is 37.0 Å². The molecule has 0 aromatic carbocycles. The predicted molar refractivity (Wildman–Crippen MR) is 116 cm³/mol. The molecule has 0 saturated heterocycles. The van der Waals surface area contributed by atoms with Crippen molar-refractivity contribution in [1.82, 2.24) is 0 Å². The van der Waals surface area contributed by atoms with Gasteiger partial charge in [0, 0.05) is 18.6 Å². The largest absolute Gasteiger partial charge is 0.381 e. The summed E-state index contributed by atoms with van der Waals surface area (Å²) in [5, 5.41) is 0. The number of unbranched alkanes of at least 4 members (excludes halogenated alkanes) is 2. The molecular weight excluding hydrogens is 320 g/mol. The third kappa shape index (κ3) is 12.3. The Bertz CT molecular complexity index is 287. The summed E-state index contributed by atoms with van der Waals surface area (Å²) in [4.78, 5) is 0. The van der Waals surface area contributed by atoms with Crippen LogP contribution in [0.5, 0.6) is 0 Å². The molecule has 1 unspecified atom stereocenters. The topological polar surface area (TPSA) is 18.5 Å². The lowest BCUT2D eigenvalue weighted by atomic mass is 9.73. The summed E-state index contributed by atoms with van der Waals surface area (Å²) >= 11 is 0. The maximum atomic E-state index is 6.12. The van der Waals surface area contributed by atoms with Gasteiger partial charge in [0.15, 0.2) is 0 Å². The molecular formula is C24H50O2. The van der Waals surface area contributed by atoms with E-state index in [1.165, 1.54) is 44.9 Å². The zero-order valence-electron chi connectivity index (χ0n) is 19.2. The number of ether oxygens (including phenoxy) is 2. The average molecular weight is 371 g/mol. The quantitative estimate of drug-likeness (QED) is 0.232. The molecule has 2 heteroatoms. The Hall–Kier alpha value is -0.0800. The first kappa shape index (κ1) is 25.9. The smallest absolute Gasteiger partial charge is 0.0546 e. The molecule has 0 rings (SSSR count). The predicted octanol–water partition coefficient (Wildman–Crippen LogP) is 7.50. The molecule has 2 nitrogen and oxygen atoms in total. The first-order valence-corrected chi connectivity index (χ1v) is 11.5. The van der Waals surface area contributed by atoms with Crippen LogP contribution in [-0.2, 0) is 9.47 Å². The Labute approximate surface area is 165 Å². The summed E-state index contributed by atoms with van der Waals surface area (Å²) in [6, 6.07) is 0. The summed E-state index contributed by atoms with van der Waals surface area (Å²) in [5.41, 5.74) is 0.174. The molecule has 0 bridgehead atoms. The lowest BCUT2D eigenvalue weighted by Crippen LogP contribution is -2.38. The highest BCUT2D eigenvalue weighted by molar-refractivity contribution is 4.83. The van der Waals surface area contributed by atoms with E-state index in [-0.39, 0.29) is 5.41 Å². The second kappa shape index (κ2) is 15.9. The normalized spacial score (nSPS) is 13.7.